The second-order valence-corrected chi connectivity index (χ2v) is 5.85. The lowest BCUT2D eigenvalue weighted by Gasteiger charge is -2.36. The maximum atomic E-state index is 12.8. The number of halogens is 1. The predicted molar refractivity (Wildman–Crippen MR) is 79.0 cm³/mol. The van der Waals surface area contributed by atoms with Crippen LogP contribution in [-0.2, 0) is 0 Å². The number of ketones is 1. The lowest BCUT2D eigenvalue weighted by Crippen LogP contribution is -2.50. The summed E-state index contributed by atoms with van der Waals surface area (Å²) in [6.45, 7) is 13.6. The molecule has 108 valence electrons. The van der Waals surface area contributed by atoms with E-state index in [-0.39, 0.29) is 11.8 Å². The molecule has 4 nitrogen and oxygen atoms in total. The van der Waals surface area contributed by atoms with Gasteiger partial charge in [-0.2, -0.15) is 5.10 Å². The molecule has 0 N–H and O–H groups in total. The molecule has 1 rings (SSSR count). The SMILES string of the molecule is CCN(CC)C(C)(C)C(=O)c1c(Cl)cnn1C(C)C. The van der Waals surface area contributed by atoms with Gasteiger partial charge < -0.3 is 0 Å². The molecule has 5 heteroatoms. The summed E-state index contributed by atoms with van der Waals surface area (Å²) in [5.41, 5.74) is -0.0756. The summed E-state index contributed by atoms with van der Waals surface area (Å²) < 4.78 is 1.70. The third kappa shape index (κ3) is 3.00. The molecule has 0 radical (unpaired) electrons. The number of likely N-dealkylation sites (N-methyl/N-ethyl adjacent to an activating group) is 1. The van der Waals surface area contributed by atoms with E-state index in [9.17, 15) is 4.79 Å². The number of hydrogen-bond donors (Lipinski definition) is 0. The highest BCUT2D eigenvalue weighted by atomic mass is 35.5. The van der Waals surface area contributed by atoms with Gasteiger partial charge in [-0.3, -0.25) is 14.4 Å². The molecule has 0 saturated carbocycles. The Labute approximate surface area is 120 Å². The van der Waals surface area contributed by atoms with E-state index in [2.05, 4.69) is 23.8 Å². The molecule has 0 saturated heterocycles. The Morgan fingerprint density at radius 3 is 2.37 bits per heavy atom. The fraction of sp³-hybridized carbons (Fsp3) is 0.714. The quantitative estimate of drug-likeness (QED) is 0.752. The normalized spacial score (nSPS) is 12.5. The van der Waals surface area contributed by atoms with Crippen LogP contribution in [-0.4, -0.2) is 39.1 Å². The van der Waals surface area contributed by atoms with Crippen LogP contribution in [0.3, 0.4) is 0 Å². The topological polar surface area (TPSA) is 38.1 Å². The van der Waals surface area contributed by atoms with Crippen molar-refractivity contribution >= 4 is 17.4 Å². The Kier molecular flexibility index (Phi) is 5.16. The highest BCUT2D eigenvalue weighted by molar-refractivity contribution is 6.34. The number of rotatable bonds is 6. The largest absolute Gasteiger partial charge is 0.292 e. The zero-order valence-corrected chi connectivity index (χ0v) is 13.5. The fourth-order valence-corrected chi connectivity index (χ4v) is 2.61. The maximum Gasteiger partial charge on any atom is 0.202 e. The van der Waals surface area contributed by atoms with E-state index < -0.39 is 5.54 Å². The molecular weight excluding hydrogens is 262 g/mol. The van der Waals surface area contributed by atoms with E-state index in [1.54, 1.807) is 10.9 Å². The molecular formula is C14H24ClN3O. The summed E-state index contributed by atoms with van der Waals surface area (Å²) in [5.74, 6) is 0.0207. The lowest BCUT2D eigenvalue weighted by atomic mass is 9.94. The van der Waals surface area contributed by atoms with Gasteiger partial charge in [-0.05, 0) is 40.8 Å². The standard InChI is InChI=1S/C14H24ClN3O/c1-7-17(8-2)14(5,6)13(19)12-11(15)9-16-18(12)10(3)4/h9-10H,7-8H2,1-6H3. The van der Waals surface area contributed by atoms with Gasteiger partial charge in [0.2, 0.25) is 5.78 Å². The summed E-state index contributed by atoms with van der Waals surface area (Å²) >= 11 is 6.16. The first-order valence-electron chi connectivity index (χ1n) is 6.80. The Morgan fingerprint density at radius 1 is 1.42 bits per heavy atom. The van der Waals surface area contributed by atoms with Crippen LogP contribution in [0.15, 0.2) is 6.20 Å². The number of aromatic nitrogens is 2. The van der Waals surface area contributed by atoms with Crippen molar-refractivity contribution in [3.63, 3.8) is 0 Å². The second kappa shape index (κ2) is 6.06. The van der Waals surface area contributed by atoms with Gasteiger partial charge in [0.1, 0.15) is 5.69 Å². The van der Waals surface area contributed by atoms with Gasteiger partial charge in [0.15, 0.2) is 0 Å². The molecule has 19 heavy (non-hydrogen) atoms. The molecule has 0 fully saturated rings. The number of hydrogen-bond acceptors (Lipinski definition) is 3. The minimum atomic E-state index is -0.584. The predicted octanol–water partition coefficient (Wildman–Crippen LogP) is 3.42. The third-order valence-corrected chi connectivity index (χ3v) is 3.84. The van der Waals surface area contributed by atoms with E-state index in [0.29, 0.717) is 10.7 Å². The van der Waals surface area contributed by atoms with Crippen LogP contribution in [0.2, 0.25) is 5.02 Å². The van der Waals surface area contributed by atoms with Gasteiger partial charge in [-0.25, -0.2) is 0 Å². The van der Waals surface area contributed by atoms with Gasteiger partial charge in [0.05, 0.1) is 16.8 Å². The summed E-state index contributed by atoms with van der Waals surface area (Å²) in [5, 5.41) is 4.64. The molecule has 1 heterocycles. The summed E-state index contributed by atoms with van der Waals surface area (Å²) in [6, 6.07) is 0.110. The number of carbonyl (C=O) groups is 1. The number of Topliss-reactive ketones (excluding diaryl/α,β-unsaturated/α-hetero) is 1. The second-order valence-electron chi connectivity index (χ2n) is 5.44. The fourth-order valence-electron chi connectivity index (χ4n) is 2.39. The number of nitrogens with zero attached hydrogens (tertiary/aromatic N) is 3. The van der Waals surface area contributed by atoms with Crippen molar-refractivity contribution in [1.29, 1.82) is 0 Å². The van der Waals surface area contributed by atoms with Crippen LogP contribution in [0.5, 0.6) is 0 Å². The van der Waals surface area contributed by atoms with Crippen LogP contribution >= 0.6 is 11.6 Å². The number of carbonyl (C=O) groups excluding carboxylic acids is 1. The van der Waals surface area contributed by atoms with Gasteiger partial charge >= 0.3 is 0 Å². The van der Waals surface area contributed by atoms with Crippen LogP contribution in [0.25, 0.3) is 0 Å². The van der Waals surface area contributed by atoms with Crippen LogP contribution in [0.1, 0.15) is 58.1 Å². The van der Waals surface area contributed by atoms with Gasteiger partial charge in [0.25, 0.3) is 0 Å². The molecule has 0 aliphatic heterocycles. The molecule has 0 aliphatic carbocycles. The highest BCUT2D eigenvalue weighted by Crippen LogP contribution is 2.26. The molecule has 0 amide bonds. The molecule has 1 aromatic heterocycles. The van der Waals surface area contributed by atoms with Gasteiger partial charge in [0, 0.05) is 6.04 Å². The molecule has 0 spiro atoms. The van der Waals surface area contributed by atoms with Crippen molar-refractivity contribution < 1.29 is 4.79 Å². The highest BCUT2D eigenvalue weighted by Gasteiger charge is 2.37. The first kappa shape index (κ1) is 16.2. The van der Waals surface area contributed by atoms with E-state index in [1.165, 1.54) is 0 Å². The van der Waals surface area contributed by atoms with Crippen molar-refractivity contribution in [2.45, 2.75) is 53.1 Å². The van der Waals surface area contributed by atoms with Gasteiger partial charge in [-0.15, -0.1) is 0 Å². The smallest absolute Gasteiger partial charge is 0.202 e. The third-order valence-electron chi connectivity index (χ3n) is 3.56. The average Bonchev–Trinajstić information content (AvgIpc) is 2.71. The molecule has 0 aromatic carbocycles. The van der Waals surface area contributed by atoms with Gasteiger partial charge in [-0.1, -0.05) is 25.4 Å². The summed E-state index contributed by atoms with van der Waals surface area (Å²) in [4.78, 5) is 15.0. The zero-order chi connectivity index (χ0) is 14.8. The first-order valence-corrected chi connectivity index (χ1v) is 7.17. The first-order chi connectivity index (χ1) is 8.77. The molecule has 1 aromatic rings. The Hall–Kier alpha value is -0.870. The van der Waals surface area contributed by atoms with E-state index in [0.717, 1.165) is 13.1 Å². The maximum absolute atomic E-state index is 12.8. The van der Waals surface area contributed by atoms with Crippen molar-refractivity contribution in [2.75, 3.05) is 13.1 Å². The van der Waals surface area contributed by atoms with Crippen LogP contribution < -0.4 is 0 Å². The molecule has 0 atom stereocenters. The van der Waals surface area contributed by atoms with Crippen molar-refractivity contribution in [1.82, 2.24) is 14.7 Å². The van der Waals surface area contributed by atoms with Crippen molar-refractivity contribution in [3.8, 4) is 0 Å². The van der Waals surface area contributed by atoms with E-state index >= 15 is 0 Å². The van der Waals surface area contributed by atoms with E-state index in [4.69, 9.17) is 11.6 Å². The Balaban J connectivity index is 3.23. The monoisotopic (exact) mass is 285 g/mol. The van der Waals surface area contributed by atoms with Crippen molar-refractivity contribution in [2.24, 2.45) is 0 Å². The summed E-state index contributed by atoms with van der Waals surface area (Å²) in [6.07, 6.45) is 1.55. The lowest BCUT2D eigenvalue weighted by molar-refractivity contribution is 0.0655. The summed E-state index contributed by atoms with van der Waals surface area (Å²) in [7, 11) is 0. The van der Waals surface area contributed by atoms with Crippen LogP contribution in [0.4, 0.5) is 0 Å². The molecule has 0 bridgehead atoms. The molecule has 0 unspecified atom stereocenters. The molecule has 0 aliphatic rings. The average molecular weight is 286 g/mol. The Bertz CT molecular complexity index is 448. The van der Waals surface area contributed by atoms with Crippen LogP contribution in [0, 0.1) is 0 Å². The minimum absolute atomic E-state index is 0.0207. The Morgan fingerprint density at radius 2 is 1.95 bits per heavy atom. The van der Waals surface area contributed by atoms with Crippen molar-refractivity contribution in [3.05, 3.63) is 16.9 Å². The van der Waals surface area contributed by atoms with E-state index in [1.807, 2.05) is 27.7 Å². The zero-order valence-electron chi connectivity index (χ0n) is 12.7. The minimum Gasteiger partial charge on any atom is -0.292 e.